The third kappa shape index (κ3) is 4.64. The first-order valence-corrected chi connectivity index (χ1v) is 12.5. The molecule has 0 spiro atoms. The minimum atomic E-state index is -4.17. The van der Waals surface area contributed by atoms with Crippen molar-refractivity contribution in [2.45, 2.75) is 9.99 Å². The lowest BCUT2D eigenvalue weighted by atomic mass is 10.3. The van der Waals surface area contributed by atoms with Crippen LogP contribution in [0.15, 0.2) is 87.2 Å². The van der Waals surface area contributed by atoms with Crippen LogP contribution in [0.2, 0.25) is 10.0 Å². The molecule has 0 unspecified atom stereocenters. The molecule has 1 aromatic heterocycles. The standard InChI is InChI=1S/C20H14Cl2N2O5S2/c21-14-5-8-16(9-6-14)30(25,26)23-17-10-7-15(22)12-18(17)24-31(27,28)20-11-13-3-1-2-4-19(13)29-20/h1-12,23-24H. The summed E-state index contributed by atoms with van der Waals surface area (Å²) in [6, 6.07) is 17.8. The van der Waals surface area contributed by atoms with Crippen molar-refractivity contribution in [3.05, 3.63) is 82.8 Å². The van der Waals surface area contributed by atoms with Crippen LogP contribution in [0, 0.1) is 0 Å². The van der Waals surface area contributed by atoms with Crippen molar-refractivity contribution in [1.29, 1.82) is 0 Å². The van der Waals surface area contributed by atoms with Crippen molar-refractivity contribution in [1.82, 2.24) is 0 Å². The lowest BCUT2D eigenvalue weighted by Gasteiger charge is -2.14. The lowest BCUT2D eigenvalue weighted by molar-refractivity contribution is 0.484. The third-order valence-electron chi connectivity index (χ3n) is 4.26. The van der Waals surface area contributed by atoms with Crippen LogP contribution in [-0.4, -0.2) is 16.8 Å². The van der Waals surface area contributed by atoms with Gasteiger partial charge >= 0.3 is 0 Å². The van der Waals surface area contributed by atoms with Gasteiger partial charge in [-0.2, -0.15) is 8.42 Å². The van der Waals surface area contributed by atoms with E-state index in [1.807, 2.05) is 0 Å². The summed E-state index contributed by atoms with van der Waals surface area (Å²) in [4.78, 5) is -0.0436. The SMILES string of the molecule is O=S(=O)(Nc1ccc(Cl)cc1NS(=O)(=O)c1cc2ccccc2o1)c1ccc(Cl)cc1. The number of rotatable bonds is 6. The van der Waals surface area contributed by atoms with Gasteiger partial charge in [-0.1, -0.05) is 41.4 Å². The molecule has 1 heterocycles. The number of para-hydroxylation sites is 1. The molecule has 0 saturated carbocycles. The molecule has 4 rings (SSSR count). The van der Waals surface area contributed by atoms with Gasteiger partial charge in [0.1, 0.15) is 5.58 Å². The molecule has 0 radical (unpaired) electrons. The predicted octanol–water partition coefficient (Wildman–Crippen LogP) is 5.34. The number of hydrogen-bond donors (Lipinski definition) is 2. The van der Waals surface area contributed by atoms with Gasteiger partial charge in [0.15, 0.2) is 0 Å². The molecule has 2 N–H and O–H groups in total. The second kappa shape index (κ2) is 8.08. The Hall–Kier alpha value is -2.72. The highest BCUT2D eigenvalue weighted by atomic mass is 35.5. The fraction of sp³-hybridized carbons (Fsp3) is 0. The summed E-state index contributed by atoms with van der Waals surface area (Å²) in [5.74, 6) is 0. The molecule has 0 fully saturated rings. The number of furan rings is 1. The number of halogens is 2. The zero-order valence-corrected chi connectivity index (χ0v) is 18.7. The Morgan fingerprint density at radius 1 is 0.677 bits per heavy atom. The molecule has 11 heteroatoms. The lowest BCUT2D eigenvalue weighted by Crippen LogP contribution is -2.17. The molecule has 4 aromatic rings. The maximum Gasteiger partial charge on any atom is 0.295 e. The Balaban J connectivity index is 1.69. The van der Waals surface area contributed by atoms with E-state index in [0.29, 0.717) is 16.0 Å². The van der Waals surface area contributed by atoms with Crippen molar-refractivity contribution in [2.24, 2.45) is 0 Å². The summed E-state index contributed by atoms with van der Waals surface area (Å²) < 4.78 is 61.3. The molecule has 0 saturated heterocycles. The number of nitrogens with one attached hydrogen (secondary N) is 2. The molecule has 160 valence electrons. The molecular formula is C20H14Cl2N2O5S2. The van der Waals surface area contributed by atoms with E-state index in [2.05, 4.69) is 9.44 Å². The topological polar surface area (TPSA) is 105 Å². The van der Waals surface area contributed by atoms with Crippen LogP contribution in [0.3, 0.4) is 0 Å². The summed E-state index contributed by atoms with van der Waals surface area (Å²) in [5.41, 5.74) is 0.321. The first-order valence-electron chi connectivity index (χ1n) is 8.73. The summed E-state index contributed by atoms with van der Waals surface area (Å²) >= 11 is 11.8. The zero-order valence-electron chi connectivity index (χ0n) is 15.5. The third-order valence-corrected chi connectivity index (χ3v) is 7.35. The Morgan fingerprint density at radius 3 is 2.03 bits per heavy atom. The van der Waals surface area contributed by atoms with E-state index in [4.69, 9.17) is 27.6 Å². The fourth-order valence-electron chi connectivity index (χ4n) is 2.79. The Bertz CT molecular complexity index is 1450. The highest BCUT2D eigenvalue weighted by Gasteiger charge is 2.23. The predicted molar refractivity (Wildman–Crippen MR) is 121 cm³/mol. The maximum atomic E-state index is 12.9. The summed E-state index contributed by atoms with van der Waals surface area (Å²) in [7, 11) is -8.18. The van der Waals surface area contributed by atoms with Crippen LogP contribution in [0.4, 0.5) is 11.4 Å². The molecule has 3 aromatic carbocycles. The van der Waals surface area contributed by atoms with Crippen LogP contribution >= 0.6 is 23.2 Å². The second-order valence-electron chi connectivity index (χ2n) is 6.46. The maximum absolute atomic E-state index is 12.9. The number of fused-ring (bicyclic) bond motifs is 1. The quantitative estimate of drug-likeness (QED) is 0.374. The van der Waals surface area contributed by atoms with E-state index in [9.17, 15) is 16.8 Å². The minimum Gasteiger partial charge on any atom is -0.443 e. The van der Waals surface area contributed by atoms with E-state index in [1.165, 1.54) is 48.5 Å². The van der Waals surface area contributed by atoms with Crippen LogP contribution in [0.5, 0.6) is 0 Å². The van der Waals surface area contributed by atoms with Crippen molar-refractivity contribution in [3.63, 3.8) is 0 Å². The van der Waals surface area contributed by atoms with Gasteiger partial charge in [-0.15, -0.1) is 0 Å². The van der Waals surface area contributed by atoms with E-state index in [-0.39, 0.29) is 26.4 Å². The van der Waals surface area contributed by atoms with Gasteiger partial charge in [0.05, 0.1) is 16.3 Å². The molecule has 31 heavy (non-hydrogen) atoms. The Kier molecular flexibility index (Phi) is 5.61. The van der Waals surface area contributed by atoms with Gasteiger partial charge in [-0.05, 0) is 48.5 Å². The summed E-state index contributed by atoms with van der Waals surface area (Å²) in [6.07, 6.45) is 0. The Labute approximate surface area is 188 Å². The number of anilines is 2. The van der Waals surface area contributed by atoms with E-state index >= 15 is 0 Å². The number of benzene rings is 3. The van der Waals surface area contributed by atoms with Crippen molar-refractivity contribution in [3.8, 4) is 0 Å². The average Bonchev–Trinajstić information content (AvgIpc) is 3.15. The van der Waals surface area contributed by atoms with E-state index in [1.54, 1.807) is 24.3 Å². The first-order chi connectivity index (χ1) is 14.6. The van der Waals surface area contributed by atoms with Crippen LogP contribution in [0.25, 0.3) is 11.0 Å². The normalized spacial score (nSPS) is 12.1. The van der Waals surface area contributed by atoms with E-state index in [0.717, 1.165) is 0 Å². The van der Waals surface area contributed by atoms with Crippen molar-refractivity contribution < 1.29 is 21.3 Å². The largest absolute Gasteiger partial charge is 0.443 e. The van der Waals surface area contributed by atoms with Crippen LogP contribution in [-0.2, 0) is 20.0 Å². The van der Waals surface area contributed by atoms with Crippen LogP contribution < -0.4 is 9.44 Å². The molecule has 0 bridgehead atoms. The Morgan fingerprint density at radius 2 is 1.32 bits per heavy atom. The van der Waals surface area contributed by atoms with Gasteiger partial charge in [0.2, 0.25) is 5.09 Å². The first kappa shape index (κ1) is 21.5. The molecular weight excluding hydrogens is 483 g/mol. The average molecular weight is 497 g/mol. The molecule has 0 aliphatic rings. The number of sulfonamides is 2. The van der Waals surface area contributed by atoms with Crippen molar-refractivity contribution >= 4 is 65.6 Å². The minimum absolute atomic E-state index is 0.0148. The van der Waals surface area contributed by atoms with Crippen molar-refractivity contribution in [2.75, 3.05) is 9.44 Å². The van der Waals surface area contributed by atoms with Gasteiger partial charge in [-0.3, -0.25) is 9.44 Å². The molecule has 0 amide bonds. The van der Waals surface area contributed by atoms with Gasteiger partial charge in [0, 0.05) is 21.5 Å². The highest BCUT2D eigenvalue weighted by Crippen LogP contribution is 2.31. The van der Waals surface area contributed by atoms with Gasteiger partial charge in [-0.25, -0.2) is 8.42 Å². The zero-order chi connectivity index (χ0) is 22.2. The molecule has 0 atom stereocenters. The van der Waals surface area contributed by atoms with Gasteiger partial charge in [0.25, 0.3) is 20.0 Å². The van der Waals surface area contributed by atoms with Crippen LogP contribution in [0.1, 0.15) is 0 Å². The smallest absolute Gasteiger partial charge is 0.295 e. The summed E-state index contributed by atoms with van der Waals surface area (Å²) in [6.45, 7) is 0. The van der Waals surface area contributed by atoms with Gasteiger partial charge < -0.3 is 4.42 Å². The summed E-state index contributed by atoms with van der Waals surface area (Å²) in [5, 5.41) is 0.874. The molecule has 7 nitrogen and oxygen atoms in total. The molecule has 0 aliphatic carbocycles. The monoisotopic (exact) mass is 496 g/mol. The second-order valence-corrected chi connectivity index (χ2v) is 10.6. The fourth-order valence-corrected chi connectivity index (χ4v) is 5.21. The molecule has 0 aliphatic heterocycles. The van der Waals surface area contributed by atoms with E-state index < -0.39 is 20.0 Å². The highest BCUT2D eigenvalue weighted by molar-refractivity contribution is 7.93. The number of hydrogen-bond acceptors (Lipinski definition) is 5.